The molecule has 1 aliphatic rings. The van der Waals surface area contributed by atoms with Gasteiger partial charge in [0.05, 0.1) is 6.54 Å². The van der Waals surface area contributed by atoms with Gasteiger partial charge >= 0.3 is 0 Å². The second kappa shape index (κ2) is 3.69. The molecule has 2 rings (SSSR count). The van der Waals surface area contributed by atoms with Crippen molar-refractivity contribution >= 4 is 0 Å². The van der Waals surface area contributed by atoms with E-state index in [1.807, 2.05) is 0 Å². The molecule has 0 aliphatic heterocycles. The predicted molar refractivity (Wildman–Crippen MR) is 54.7 cm³/mol. The minimum atomic E-state index is 0.484. The Morgan fingerprint density at radius 1 is 1.50 bits per heavy atom. The van der Waals surface area contributed by atoms with Crippen LogP contribution in [0.25, 0.3) is 0 Å². The Kier molecular flexibility index (Phi) is 2.54. The lowest BCUT2D eigenvalue weighted by Gasteiger charge is -2.11. The molecule has 1 saturated carbocycles. The third-order valence-electron chi connectivity index (χ3n) is 3.09. The molecule has 0 bridgehead atoms. The summed E-state index contributed by atoms with van der Waals surface area (Å²) in [7, 11) is 0. The van der Waals surface area contributed by atoms with Crippen LogP contribution in [0.1, 0.15) is 44.3 Å². The Morgan fingerprint density at radius 3 is 2.71 bits per heavy atom. The molecular weight excluding hydrogens is 176 g/mol. The average Bonchev–Trinajstić information content (AvgIpc) is 2.96. The number of hydrogen-bond acceptors (Lipinski definition) is 3. The van der Waals surface area contributed by atoms with Gasteiger partial charge in [-0.05, 0) is 25.7 Å². The summed E-state index contributed by atoms with van der Waals surface area (Å²) in [6.45, 7) is 5.77. The van der Waals surface area contributed by atoms with E-state index in [4.69, 9.17) is 5.73 Å². The molecule has 0 amide bonds. The molecule has 0 saturated heterocycles. The maximum Gasteiger partial charge on any atom is 0.146 e. The van der Waals surface area contributed by atoms with Crippen LogP contribution in [0, 0.1) is 5.92 Å². The lowest BCUT2D eigenvalue weighted by Crippen LogP contribution is -2.12. The van der Waals surface area contributed by atoms with Gasteiger partial charge in [0.25, 0.3) is 0 Å². The van der Waals surface area contributed by atoms with Crippen LogP contribution in [0.15, 0.2) is 0 Å². The van der Waals surface area contributed by atoms with Crippen LogP contribution in [0.2, 0.25) is 0 Å². The summed E-state index contributed by atoms with van der Waals surface area (Å²) >= 11 is 0. The van der Waals surface area contributed by atoms with Crippen molar-refractivity contribution in [3.8, 4) is 0 Å². The summed E-state index contributed by atoms with van der Waals surface area (Å²) < 4.78 is 2.16. The molecule has 1 aliphatic carbocycles. The number of nitrogens with two attached hydrogens (primary N) is 1. The molecule has 1 unspecified atom stereocenters. The SMILES string of the molecule is CCn1c(CN)nnc1C(C)C1CC1. The first-order valence-electron chi connectivity index (χ1n) is 5.40. The highest BCUT2D eigenvalue weighted by Gasteiger charge is 2.32. The molecule has 1 fully saturated rings. The number of nitrogens with zero attached hydrogens (tertiary/aromatic N) is 3. The fraction of sp³-hybridized carbons (Fsp3) is 0.800. The zero-order valence-corrected chi connectivity index (χ0v) is 8.90. The third kappa shape index (κ3) is 1.54. The van der Waals surface area contributed by atoms with Gasteiger partial charge in [-0.15, -0.1) is 10.2 Å². The highest BCUT2D eigenvalue weighted by molar-refractivity contribution is 5.05. The minimum absolute atomic E-state index is 0.484. The summed E-state index contributed by atoms with van der Waals surface area (Å²) in [5, 5.41) is 8.38. The van der Waals surface area contributed by atoms with Crippen molar-refractivity contribution in [2.75, 3.05) is 0 Å². The van der Waals surface area contributed by atoms with E-state index < -0.39 is 0 Å². The molecule has 2 N–H and O–H groups in total. The average molecular weight is 194 g/mol. The summed E-state index contributed by atoms with van der Waals surface area (Å²) in [5.41, 5.74) is 5.61. The molecule has 0 spiro atoms. The minimum Gasteiger partial charge on any atom is -0.324 e. The van der Waals surface area contributed by atoms with Gasteiger partial charge in [0.1, 0.15) is 11.6 Å². The van der Waals surface area contributed by atoms with Crippen molar-refractivity contribution in [3.63, 3.8) is 0 Å². The first-order valence-corrected chi connectivity index (χ1v) is 5.40. The number of aromatic nitrogens is 3. The van der Waals surface area contributed by atoms with Crippen LogP contribution < -0.4 is 5.73 Å². The molecule has 1 aromatic rings. The highest BCUT2D eigenvalue weighted by atomic mass is 15.3. The lowest BCUT2D eigenvalue weighted by molar-refractivity contribution is 0.560. The van der Waals surface area contributed by atoms with Gasteiger partial charge in [-0.25, -0.2) is 0 Å². The van der Waals surface area contributed by atoms with Gasteiger partial charge in [-0.2, -0.15) is 0 Å². The van der Waals surface area contributed by atoms with E-state index >= 15 is 0 Å². The van der Waals surface area contributed by atoms with E-state index in [0.717, 1.165) is 24.1 Å². The predicted octanol–water partition coefficient (Wildman–Crippen LogP) is 1.27. The molecule has 1 heterocycles. The zero-order chi connectivity index (χ0) is 10.1. The largest absolute Gasteiger partial charge is 0.324 e. The van der Waals surface area contributed by atoms with E-state index in [1.54, 1.807) is 0 Å². The Labute approximate surface area is 84.5 Å². The summed E-state index contributed by atoms with van der Waals surface area (Å²) in [6.07, 6.45) is 2.69. The van der Waals surface area contributed by atoms with Crippen molar-refractivity contribution < 1.29 is 0 Å². The summed E-state index contributed by atoms with van der Waals surface area (Å²) in [6, 6.07) is 0. The maximum atomic E-state index is 5.61. The molecular formula is C10H18N4. The Morgan fingerprint density at radius 2 is 2.21 bits per heavy atom. The van der Waals surface area contributed by atoms with Crippen LogP contribution in [0.3, 0.4) is 0 Å². The first-order chi connectivity index (χ1) is 6.77. The van der Waals surface area contributed by atoms with E-state index in [0.29, 0.717) is 12.5 Å². The van der Waals surface area contributed by atoms with E-state index in [1.165, 1.54) is 12.8 Å². The number of hydrogen-bond donors (Lipinski definition) is 1. The Balaban J connectivity index is 2.26. The van der Waals surface area contributed by atoms with Crippen molar-refractivity contribution in [1.82, 2.24) is 14.8 Å². The van der Waals surface area contributed by atoms with Gasteiger partial charge in [0, 0.05) is 12.5 Å². The van der Waals surface area contributed by atoms with Crippen molar-refractivity contribution in [2.24, 2.45) is 11.7 Å². The molecule has 78 valence electrons. The van der Waals surface area contributed by atoms with E-state index in [-0.39, 0.29) is 0 Å². The van der Waals surface area contributed by atoms with Crippen molar-refractivity contribution in [3.05, 3.63) is 11.6 Å². The maximum absolute atomic E-state index is 5.61. The monoisotopic (exact) mass is 194 g/mol. The quantitative estimate of drug-likeness (QED) is 0.785. The Hall–Kier alpha value is -0.900. The van der Waals surface area contributed by atoms with Crippen LogP contribution >= 0.6 is 0 Å². The molecule has 4 heteroatoms. The standard InChI is InChI=1S/C10H18N4/c1-3-14-9(6-11)12-13-10(14)7(2)8-4-5-8/h7-8H,3-6,11H2,1-2H3. The topological polar surface area (TPSA) is 56.7 Å². The van der Waals surface area contributed by atoms with Gasteiger partial charge in [-0.1, -0.05) is 6.92 Å². The summed E-state index contributed by atoms with van der Waals surface area (Å²) in [4.78, 5) is 0. The second-order valence-corrected chi connectivity index (χ2v) is 4.05. The lowest BCUT2D eigenvalue weighted by atomic mass is 10.1. The zero-order valence-electron chi connectivity index (χ0n) is 8.90. The van der Waals surface area contributed by atoms with Crippen molar-refractivity contribution in [1.29, 1.82) is 0 Å². The van der Waals surface area contributed by atoms with E-state index in [9.17, 15) is 0 Å². The molecule has 1 atom stereocenters. The van der Waals surface area contributed by atoms with Crippen LogP contribution in [0.4, 0.5) is 0 Å². The first kappa shape index (κ1) is 9.65. The molecule has 14 heavy (non-hydrogen) atoms. The van der Waals surface area contributed by atoms with Gasteiger partial charge in [0.2, 0.25) is 0 Å². The van der Waals surface area contributed by atoms with Gasteiger partial charge in [-0.3, -0.25) is 0 Å². The highest BCUT2D eigenvalue weighted by Crippen LogP contribution is 2.41. The molecule has 4 nitrogen and oxygen atoms in total. The van der Waals surface area contributed by atoms with Gasteiger partial charge < -0.3 is 10.3 Å². The van der Waals surface area contributed by atoms with E-state index in [2.05, 4.69) is 28.6 Å². The molecule has 0 aromatic carbocycles. The fourth-order valence-corrected chi connectivity index (χ4v) is 1.99. The van der Waals surface area contributed by atoms with Crippen LogP contribution in [-0.4, -0.2) is 14.8 Å². The second-order valence-electron chi connectivity index (χ2n) is 4.05. The Bertz CT molecular complexity index is 314. The van der Waals surface area contributed by atoms with Crippen LogP contribution in [-0.2, 0) is 13.1 Å². The molecule has 1 aromatic heterocycles. The third-order valence-corrected chi connectivity index (χ3v) is 3.09. The molecule has 0 radical (unpaired) electrons. The van der Waals surface area contributed by atoms with Crippen LogP contribution in [0.5, 0.6) is 0 Å². The number of rotatable bonds is 4. The summed E-state index contributed by atoms with van der Waals surface area (Å²) in [5.74, 6) is 3.41. The normalized spacial score (nSPS) is 18.5. The fourth-order valence-electron chi connectivity index (χ4n) is 1.99. The smallest absolute Gasteiger partial charge is 0.146 e. The van der Waals surface area contributed by atoms with Crippen molar-refractivity contribution in [2.45, 2.75) is 45.7 Å². The van der Waals surface area contributed by atoms with Gasteiger partial charge in [0.15, 0.2) is 0 Å².